The number of allylic oxidation sites excluding steroid dienone is 8. The van der Waals surface area contributed by atoms with Gasteiger partial charge >= 0.3 is 11.9 Å². The van der Waals surface area contributed by atoms with Crippen molar-refractivity contribution >= 4 is 11.9 Å². The molecule has 1 aliphatic heterocycles. The van der Waals surface area contributed by atoms with E-state index in [0.717, 1.165) is 0 Å². The summed E-state index contributed by atoms with van der Waals surface area (Å²) in [6.07, 6.45) is 12.4. The van der Waals surface area contributed by atoms with Gasteiger partial charge in [0, 0.05) is 25.7 Å². The van der Waals surface area contributed by atoms with Crippen molar-refractivity contribution < 1.29 is 39.9 Å². The lowest BCUT2D eigenvalue weighted by Crippen LogP contribution is -2.41. The van der Waals surface area contributed by atoms with Crippen LogP contribution in [0.15, 0.2) is 60.8 Å². The summed E-state index contributed by atoms with van der Waals surface area (Å²) in [4.78, 5) is 23.5. The van der Waals surface area contributed by atoms with Crippen molar-refractivity contribution in [3.05, 3.63) is 60.8 Å². The Morgan fingerprint density at radius 3 is 2.12 bits per heavy atom. The maximum Gasteiger partial charge on any atom is 0.311 e. The Balaban J connectivity index is 2.88. The molecule has 5 N–H and O–H groups in total. The lowest BCUT2D eigenvalue weighted by Gasteiger charge is -2.26. The fraction of sp³-hybridized carbons (Fsp3) is 0.520. The van der Waals surface area contributed by atoms with Crippen LogP contribution in [0.25, 0.3) is 0 Å². The number of rotatable bonds is 1. The Morgan fingerprint density at radius 2 is 1.48 bits per heavy atom. The minimum absolute atomic E-state index is 0.0862. The summed E-state index contributed by atoms with van der Waals surface area (Å²) >= 11 is 0. The maximum absolute atomic E-state index is 11.9. The van der Waals surface area contributed by atoms with Gasteiger partial charge in [-0.05, 0) is 19.8 Å². The van der Waals surface area contributed by atoms with E-state index in [2.05, 4.69) is 0 Å². The largest absolute Gasteiger partial charge is 0.481 e. The minimum Gasteiger partial charge on any atom is -0.481 e. The third-order valence-electron chi connectivity index (χ3n) is 5.08. The van der Waals surface area contributed by atoms with Crippen LogP contribution in [-0.4, -0.2) is 68.0 Å². The van der Waals surface area contributed by atoms with Gasteiger partial charge in [0.05, 0.1) is 24.4 Å². The lowest BCUT2D eigenvalue weighted by atomic mass is 9.88. The van der Waals surface area contributed by atoms with Crippen molar-refractivity contribution in [2.24, 2.45) is 5.92 Å². The monoisotopic (exact) mass is 464 g/mol. The summed E-state index contributed by atoms with van der Waals surface area (Å²) in [6, 6.07) is 0. The summed E-state index contributed by atoms with van der Waals surface area (Å²) in [5.74, 6) is -3.40. The highest BCUT2D eigenvalue weighted by molar-refractivity contribution is 5.71. The molecule has 8 heteroatoms. The molecule has 0 bridgehead atoms. The predicted molar refractivity (Wildman–Crippen MR) is 124 cm³/mol. The summed E-state index contributed by atoms with van der Waals surface area (Å²) in [6.45, 7) is 1.79. The van der Waals surface area contributed by atoms with Crippen LogP contribution >= 0.6 is 0 Å². The van der Waals surface area contributed by atoms with Gasteiger partial charge in [0.25, 0.3) is 0 Å². The third kappa shape index (κ3) is 12.9. The number of carboxylic acid groups (broad SMARTS) is 1. The van der Waals surface area contributed by atoms with Gasteiger partial charge in [-0.3, -0.25) is 9.59 Å². The van der Waals surface area contributed by atoms with E-state index in [-0.39, 0.29) is 31.8 Å². The van der Waals surface area contributed by atoms with Crippen LogP contribution in [0.2, 0.25) is 0 Å². The highest BCUT2D eigenvalue weighted by Gasteiger charge is 2.35. The molecule has 0 saturated heterocycles. The van der Waals surface area contributed by atoms with E-state index in [0.29, 0.717) is 12.8 Å². The smallest absolute Gasteiger partial charge is 0.311 e. The molecule has 1 heterocycles. The minimum atomic E-state index is -1.57. The van der Waals surface area contributed by atoms with Gasteiger partial charge in [-0.1, -0.05) is 60.8 Å². The second-order valence-corrected chi connectivity index (χ2v) is 8.09. The highest BCUT2D eigenvalue weighted by atomic mass is 16.5. The van der Waals surface area contributed by atoms with Gasteiger partial charge in [-0.15, -0.1) is 0 Å². The molecule has 0 spiro atoms. The molecule has 0 aliphatic carbocycles. The van der Waals surface area contributed by atoms with E-state index < -0.39 is 42.3 Å². The number of carbonyl (C=O) groups excluding carboxylic acids is 1. The molecule has 0 amide bonds. The molecule has 0 radical (unpaired) electrons. The molecule has 1 aliphatic rings. The molecule has 6 unspecified atom stereocenters. The quantitative estimate of drug-likeness (QED) is 0.372. The normalized spacial score (nSPS) is 31.6. The predicted octanol–water partition coefficient (Wildman–Crippen LogP) is 2.20. The standard InChI is InChI=1S/C25H36O8/c1-18-12-9-7-5-3-2-4-6-8-10-13-19(26)16-21(28)24(25(31)32)22(29)17-20(27)14-11-15-23(30)33-18/h2-10,13,18-22,24,26-29H,11-12,14-17H2,1H3,(H,31,32). The Bertz CT molecular complexity index is 737. The first-order chi connectivity index (χ1) is 15.7. The molecule has 184 valence electrons. The Kier molecular flexibility index (Phi) is 14.0. The lowest BCUT2D eigenvalue weighted by molar-refractivity contribution is -0.153. The zero-order valence-electron chi connectivity index (χ0n) is 18.9. The van der Waals surface area contributed by atoms with Gasteiger partial charge in [0.1, 0.15) is 12.0 Å². The second kappa shape index (κ2) is 16.1. The van der Waals surface area contributed by atoms with Crippen LogP contribution in [-0.2, 0) is 14.3 Å². The fourth-order valence-corrected chi connectivity index (χ4v) is 3.34. The summed E-state index contributed by atoms with van der Waals surface area (Å²) in [5, 5.41) is 50.2. The Hall–Kier alpha value is -2.52. The number of carbonyl (C=O) groups is 2. The average molecular weight is 465 g/mol. The molecular weight excluding hydrogens is 428 g/mol. The van der Waals surface area contributed by atoms with Crippen molar-refractivity contribution in [1.82, 2.24) is 0 Å². The topological polar surface area (TPSA) is 145 Å². The first-order valence-electron chi connectivity index (χ1n) is 11.2. The SMILES string of the molecule is CC1CC=CC=CC=CC=CC=CC(O)CC(O)C(C(=O)O)C(O)CC(O)CCCC(=O)O1. The number of aliphatic hydroxyl groups excluding tert-OH is 4. The fourth-order valence-electron chi connectivity index (χ4n) is 3.34. The third-order valence-corrected chi connectivity index (χ3v) is 5.08. The molecule has 0 aromatic carbocycles. The number of hydrogen-bond acceptors (Lipinski definition) is 7. The van der Waals surface area contributed by atoms with Gasteiger partial charge < -0.3 is 30.3 Å². The van der Waals surface area contributed by atoms with Crippen LogP contribution in [0, 0.1) is 5.92 Å². The second-order valence-electron chi connectivity index (χ2n) is 8.09. The number of aliphatic carboxylic acids is 1. The van der Waals surface area contributed by atoms with Crippen LogP contribution in [0.3, 0.4) is 0 Å². The average Bonchev–Trinajstić information content (AvgIpc) is 2.70. The molecule has 33 heavy (non-hydrogen) atoms. The van der Waals surface area contributed by atoms with E-state index in [1.807, 2.05) is 30.4 Å². The number of hydrogen-bond donors (Lipinski definition) is 5. The molecule has 0 saturated carbocycles. The first kappa shape index (κ1) is 28.5. The van der Waals surface area contributed by atoms with E-state index >= 15 is 0 Å². The molecule has 1 rings (SSSR count). The zero-order chi connectivity index (χ0) is 24.6. The Morgan fingerprint density at radius 1 is 0.909 bits per heavy atom. The molecule has 0 fully saturated rings. The van der Waals surface area contributed by atoms with Crippen LogP contribution in [0.4, 0.5) is 0 Å². The van der Waals surface area contributed by atoms with Crippen LogP contribution in [0.5, 0.6) is 0 Å². The van der Waals surface area contributed by atoms with E-state index in [9.17, 15) is 35.1 Å². The van der Waals surface area contributed by atoms with E-state index in [1.54, 1.807) is 31.2 Å². The summed E-state index contributed by atoms with van der Waals surface area (Å²) in [7, 11) is 0. The molecular formula is C25H36O8. The van der Waals surface area contributed by atoms with Crippen LogP contribution in [0.1, 0.15) is 45.4 Å². The first-order valence-corrected chi connectivity index (χ1v) is 11.2. The van der Waals surface area contributed by atoms with Crippen LogP contribution < -0.4 is 0 Å². The number of esters is 1. The summed E-state index contributed by atoms with van der Waals surface area (Å²) < 4.78 is 5.31. The molecule has 6 atom stereocenters. The molecule has 0 aromatic heterocycles. The van der Waals surface area contributed by atoms with Gasteiger partial charge in [0.15, 0.2) is 0 Å². The van der Waals surface area contributed by atoms with Crippen molar-refractivity contribution in [1.29, 1.82) is 0 Å². The van der Waals surface area contributed by atoms with Gasteiger partial charge in [0.2, 0.25) is 0 Å². The molecule has 0 aromatic rings. The van der Waals surface area contributed by atoms with Gasteiger partial charge in [-0.25, -0.2) is 0 Å². The Labute approximate surface area is 194 Å². The number of carboxylic acids is 1. The van der Waals surface area contributed by atoms with Crippen molar-refractivity contribution in [2.75, 3.05) is 0 Å². The number of aliphatic hydroxyl groups is 4. The van der Waals surface area contributed by atoms with Crippen molar-refractivity contribution in [2.45, 2.75) is 76.0 Å². The van der Waals surface area contributed by atoms with Gasteiger partial charge in [-0.2, -0.15) is 0 Å². The maximum atomic E-state index is 11.9. The number of cyclic esters (lactones) is 1. The highest BCUT2D eigenvalue weighted by Crippen LogP contribution is 2.21. The molecule has 8 nitrogen and oxygen atoms in total. The summed E-state index contributed by atoms with van der Waals surface area (Å²) in [5.41, 5.74) is 0. The van der Waals surface area contributed by atoms with E-state index in [4.69, 9.17) is 4.74 Å². The number of ether oxygens (including phenoxy) is 1. The van der Waals surface area contributed by atoms with E-state index in [1.165, 1.54) is 6.08 Å². The van der Waals surface area contributed by atoms with Crippen molar-refractivity contribution in [3.8, 4) is 0 Å². The zero-order valence-corrected chi connectivity index (χ0v) is 18.9. The van der Waals surface area contributed by atoms with Crippen molar-refractivity contribution in [3.63, 3.8) is 0 Å².